The summed E-state index contributed by atoms with van der Waals surface area (Å²) in [5, 5.41) is 44.0. The van der Waals surface area contributed by atoms with Crippen LogP contribution in [-0.2, 0) is 26.3 Å². The lowest BCUT2D eigenvalue weighted by atomic mass is 9.86. The molecule has 6 aliphatic rings. The molecule has 0 saturated carbocycles. The zero-order valence-corrected chi connectivity index (χ0v) is 74.3. The van der Waals surface area contributed by atoms with Crippen molar-refractivity contribution >= 4 is 89.0 Å². The van der Waals surface area contributed by atoms with E-state index >= 15 is 0 Å². The molecule has 6 aliphatic heterocycles. The minimum absolute atomic E-state index is 0.0205. The molecule has 0 atom stereocenters. The quantitative estimate of drug-likeness (QED) is 0.0620. The number of rotatable bonds is 18. The molecule has 5 N–H and O–H groups in total. The van der Waals surface area contributed by atoms with E-state index in [1.165, 1.54) is 23.4 Å². The van der Waals surface area contributed by atoms with Gasteiger partial charge < -0.3 is 60.0 Å². The van der Waals surface area contributed by atoms with Gasteiger partial charge in [0.25, 0.3) is 23.6 Å². The van der Waals surface area contributed by atoms with Gasteiger partial charge in [-0.25, -0.2) is 22.0 Å². The highest BCUT2D eigenvalue weighted by Crippen LogP contribution is 2.36. The SMILES string of the molecule is CNC(=O)c1cc(C)ccc1N1CCN(C(=O)c2cc(NC3CCN(c4ccccc4C#N)CC3)c(C)cc2C)CC1.Cc1cc(C)c(C(=O)N2CCN(c3ccccc3S(C)(=O)=O)CC2)cc1CC1CCN(c2ccccc2C#N)CC1.Cc1cc(C)c(C(=O)N2CCN(c3ccccc3S(N)(=O)=O)CC2)cc1NC1CCN(c2ccccc2C#N)CC1. The van der Waals surface area contributed by atoms with Crippen molar-refractivity contribution < 1.29 is 36.0 Å². The van der Waals surface area contributed by atoms with Gasteiger partial charge in [0.2, 0.25) is 10.0 Å². The van der Waals surface area contributed by atoms with E-state index in [9.17, 15) is 51.8 Å². The Morgan fingerprint density at radius 3 is 1.08 bits per heavy atom. The fourth-order valence-electron chi connectivity index (χ4n) is 18.2. The summed E-state index contributed by atoms with van der Waals surface area (Å²) in [5.41, 5.74) is 20.8. The highest BCUT2D eigenvalue weighted by Gasteiger charge is 2.33. The number of carbonyl (C=O) groups is 4. The summed E-state index contributed by atoms with van der Waals surface area (Å²) in [6, 6.07) is 63.0. The van der Waals surface area contributed by atoms with Crippen LogP contribution in [0.4, 0.5) is 45.5 Å². The van der Waals surface area contributed by atoms with Gasteiger partial charge in [-0.3, -0.25) is 19.2 Å². The van der Waals surface area contributed by atoms with Crippen molar-refractivity contribution in [3.05, 3.63) is 259 Å². The monoisotopic (exact) mass is 1710 g/mol. The van der Waals surface area contributed by atoms with Crippen LogP contribution in [0.15, 0.2) is 186 Å². The van der Waals surface area contributed by atoms with Crippen molar-refractivity contribution in [3.8, 4) is 18.2 Å². The number of nitrogens with zero attached hydrogens (tertiary/aromatic N) is 12. The van der Waals surface area contributed by atoms with Gasteiger partial charge >= 0.3 is 0 Å². The van der Waals surface area contributed by atoms with Crippen molar-refractivity contribution in [2.45, 2.75) is 115 Å². The summed E-state index contributed by atoms with van der Waals surface area (Å²) in [4.78, 5) is 72.8. The number of sulfone groups is 1. The number of nitriles is 3. The van der Waals surface area contributed by atoms with Gasteiger partial charge in [0.15, 0.2) is 9.84 Å². The van der Waals surface area contributed by atoms with E-state index in [2.05, 4.69) is 104 Å². The van der Waals surface area contributed by atoms with Gasteiger partial charge in [0.05, 0.1) is 55.6 Å². The first-order chi connectivity index (χ1) is 59.6. The molecule has 0 bridgehead atoms. The van der Waals surface area contributed by atoms with Crippen molar-refractivity contribution in [2.24, 2.45) is 11.1 Å². The molecule has 6 heterocycles. The Kier molecular flexibility index (Phi) is 28.7. The second-order valence-corrected chi connectivity index (χ2v) is 37.1. The fourth-order valence-corrected chi connectivity index (χ4v) is 19.9. The molecule has 26 heteroatoms. The Hall–Kier alpha value is -12.4. The molecule has 646 valence electrons. The minimum Gasteiger partial charge on any atom is -0.382 e. The van der Waals surface area contributed by atoms with E-state index in [1.54, 1.807) is 37.4 Å². The number of hydrogen-bond acceptors (Lipinski definition) is 19. The lowest BCUT2D eigenvalue weighted by Gasteiger charge is -2.37. The topological polar surface area (TPSA) is 299 Å². The molecule has 0 unspecified atom stereocenters. The van der Waals surface area contributed by atoms with Crippen molar-refractivity contribution in [2.75, 3.05) is 171 Å². The number of carbonyl (C=O) groups excluding carboxylic acids is 4. The summed E-state index contributed by atoms with van der Waals surface area (Å²) < 4.78 is 48.7. The maximum absolute atomic E-state index is 13.7. The molecule has 9 aromatic carbocycles. The first-order valence-corrected chi connectivity index (χ1v) is 46.5. The summed E-state index contributed by atoms with van der Waals surface area (Å²) in [7, 11) is -5.54. The van der Waals surface area contributed by atoms with Crippen LogP contribution in [0, 0.1) is 88.4 Å². The predicted molar refractivity (Wildman–Crippen MR) is 494 cm³/mol. The van der Waals surface area contributed by atoms with Crippen molar-refractivity contribution in [3.63, 3.8) is 0 Å². The standard InChI is InChI=1S/C34H40N6O2.C33H38N4O3S.C31H36N6O3S/c1-23-9-10-32(29(19-23)33(41)36-4)39-15-17-40(18-16-39)34(42)28-21-30(25(3)20-24(28)2)37-27-11-13-38(14-12-27)31-8-6-5-7-26(31)22-35;1-24-20-25(2)29(22-28(24)21-26-12-14-35(15-13-26)30-9-5-4-8-27(30)23-34)33(38)37-18-16-36(17-19-37)31-10-6-7-11-32(31)41(3,39)40;1-22-19-23(2)27(34-25-11-13-35(14-12-25)28-8-4-3-7-24(28)21-32)20-26(22)31(38)37-17-15-36(16-18-37)29-9-5-6-10-30(29)41(33,39)40/h5-10,19-21,27,37H,11-18H2,1-4H3,(H,36,41);4-11,20,22,26H,12-19,21H2,1-3H3;3-10,19-20,25,34H,11-18H2,1-2H3,(H2,33,39,40). The molecule has 4 amide bonds. The third-order valence-electron chi connectivity index (χ3n) is 25.2. The van der Waals surface area contributed by atoms with E-state index in [-0.39, 0.29) is 34.6 Å². The number of nitrogens with two attached hydrogens (primary N) is 1. The van der Waals surface area contributed by atoms with Crippen LogP contribution in [0.1, 0.15) is 141 Å². The normalized spacial score (nSPS) is 16.2. The number of hydrogen-bond donors (Lipinski definition) is 4. The van der Waals surface area contributed by atoms with E-state index in [1.807, 2.05) is 163 Å². The average Bonchev–Trinajstić information content (AvgIpc) is 0.799. The number of anilines is 8. The second-order valence-electron chi connectivity index (χ2n) is 33.6. The van der Waals surface area contributed by atoms with Gasteiger partial charge in [0.1, 0.15) is 23.1 Å². The first kappa shape index (κ1) is 89.3. The van der Waals surface area contributed by atoms with Crippen LogP contribution in [0.2, 0.25) is 0 Å². The molecule has 0 aliphatic carbocycles. The number of primary sulfonamides is 1. The molecule has 0 radical (unpaired) electrons. The van der Waals surface area contributed by atoms with E-state index in [0.29, 0.717) is 129 Å². The van der Waals surface area contributed by atoms with Crippen molar-refractivity contribution in [1.29, 1.82) is 15.8 Å². The number of nitrogens with one attached hydrogen (secondary N) is 3. The van der Waals surface area contributed by atoms with Gasteiger partial charge in [-0.15, -0.1) is 0 Å². The van der Waals surface area contributed by atoms with Crippen LogP contribution in [0.3, 0.4) is 0 Å². The highest BCUT2D eigenvalue weighted by atomic mass is 32.2. The van der Waals surface area contributed by atoms with Gasteiger partial charge in [-0.05, 0) is 229 Å². The van der Waals surface area contributed by atoms with E-state index < -0.39 is 19.9 Å². The lowest BCUT2D eigenvalue weighted by molar-refractivity contribution is 0.0738. The van der Waals surface area contributed by atoms with Gasteiger partial charge in [0, 0.05) is 177 Å². The molecule has 6 fully saturated rings. The number of piperidine rings is 3. The third-order valence-corrected chi connectivity index (χ3v) is 27.3. The zero-order valence-electron chi connectivity index (χ0n) is 72.7. The molecule has 6 saturated heterocycles. The number of piperazine rings is 3. The Morgan fingerprint density at radius 1 is 0.371 bits per heavy atom. The lowest BCUT2D eigenvalue weighted by Crippen LogP contribution is -2.49. The van der Waals surface area contributed by atoms with Crippen LogP contribution >= 0.6 is 0 Å². The van der Waals surface area contributed by atoms with Crippen LogP contribution < -0.4 is 50.5 Å². The number of amides is 4. The third kappa shape index (κ3) is 21.1. The molecular weight excluding hydrogens is 1590 g/mol. The summed E-state index contributed by atoms with van der Waals surface area (Å²) in [6.07, 6.45) is 8.04. The highest BCUT2D eigenvalue weighted by molar-refractivity contribution is 7.91. The second kappa shape index (κ2) is 39.8. The molecule has 24 nitrogen and oxygen atoms in total. The molecule has 0 aromatic heterocycles. The average molecular weight is 1710 g/mol. The van der Waals surface area contributed by atoms with Crippen LogP contribution in [-0.4, -0.2) is 198 Å². The zero-order chi connectivity index (χ0) is 88.1. The van der Waals surface area contributed by atoms with E-state index in [0.717, 1.165) is 168 Å². The summed E-state index contributed by atoms with van der Waals surface area (Å²) in [6.45, 7) is 26.3. The maximum atomic E-state index is 13.7. The Balaban J connectivity index is 0.000000160. The minimum atomic E-state index is -3.85. The van der Waals surface area contributed by atoms with E-state index in [4.69, 9.17) is 5.14 Å². The summed E-state index contributed by atoms with van der Waals surface area (Å²) in [5.74, 6) is 0.507. The molecule has 124 heavy (non-hydrogen) atoms. The maximum Gasteiger partial charge on any atom is 0.254 e. The first-order valence-electron chi connectivity index (χ1n) is 43.0. The number of aryl methyl sites for hydroxylation is 7. The van der Waals surface area contributed by atoms with Gasteiger partial charge in [-0.2, -0.15) is 15.8 Å². The number of para-hydroxylation sites is 5. The van der Waals surface area contributed by atoms with Gasteiger partial charge in [-0.1, -0.05) is 90.5 Å². The van der Waals surface area contributed by atoms with Crippen LogP contribution in [0.5, 0.6) is 0 Å². The Morgan fingerprint density at radius 2 is 0.702 bits per heavy atom. The predicted octanol–water partition coefficient (Wildman–Crippen LogP) is 13.8. The largest absolute Gasteiger partial charge is 0.382 e. The summed E-state index contributed by atoms with van der Waals surface area (Å²) >= 11 is 0. The van der Waals surface area contributed by atoms with Crippen molar-refractivity contribution in [1.82, 2.24) is 20.0 Å². The molecular formula is C98H114N16O8S2. The molecule has 9 aromatic rings. The Bertz CT molecular complexity index is 5550. The Labute approximate surface area is 731 Å². The fraction of sp³-hybridized carbons (Fsp3) is 0.378. The smallest absolute Gasteiger partial charge is 0.254 e. The molecule has 0 spiro atoms. The number of sulfonamides is 1. The number of benzene rings is 9. The van der Waals surface area contributed by atoms with Crippen LogP contribution in [0.25, 0.3) is 0 Å². The molecule has 15 rings (SSSR count).